The molecule has 3 heterocycles. The van der Waals surface area contributed by atoms with Crippen LogP contribution in [-0.4, -0.2) is 44.1 Å². The van der Waals surface area contributed by atoms with Gasteiger partial charge in [-0.3, -0.25) is 9.78 Å². The van der Waals surface area contributed by atoms with E-state index < -0.39 is 18.0 Å². The Kier molecular flexibility index (Phi) is 3.46. The van der Waals surface area contributed by atoms with Gasteiger partial charge >= 0.3 is 5.97 Å². The molecule has 2 N–H and O–H groups in total. The van der Waals surface area contributed by atoms with Crippen LogP contribution in [0.1, 0.15) is 13.3 Å². The van der Waals surface area contributed by atoms with Gasteiger partial charge in [0.2, 0.25) is 5.91 Å². The van der Waals surface area contributed by atoms with Crippen molar-refractivity contribution in [3.8, 4) is 0 Å². The highest BCUT2D eigenvalue weighted by molar-refractivity contribution is 8.03. The second-order valence-electron chi connectivity index (χ2n) is 5.11. The van der Waals surface area contributed by atoms with Crippen LogP contribution in [-0.2, 0) is 9.59 Å². The number of carbonyl (C=O) groups is 2. The molecule has 1 aromatic heterocycles. The van der Waals surface area contributed by atoms with Crippen molar-refractivity contribution in [2.24, 2.45) is 5.92 Å². The fourth-order valence-corrected chi connectivity index (χ4v) is 3.95. The molecule has 3 atom stereocenters. The number of aliphatic hydroxyl groups is 1. The fourth-order valence-electron chi connectivity index (χ4n) is 2.87. The van der Waals surface area contributed by atoms with E-state index in [0.717, 1.165) is 4.90 Å². The number of carboxylic acid groups (broad SMARTS) is 1. The van der Waals surface area contributed by atoms with E-state index in [-0.39, 0.29) is 17.6 Å². The topological polar surface area (TPSA) is 90.7 Å². The van der Waals surface area contributed by atoms with E-state index in [1.54, 1.807) is 31.5 Å². The van der Waals surface area contributed by atoms with Crippen LogP contribution in [0.4, 0.5) is 0 Å². The molecular weight excluding hydrogens is 292 g/mol. The van der Waals surface area contributed by atoms with Crippen LogP contribution < -0.4 is 0 Å². The summed E-state index contributed by atoms with van der Waals surface area (Å²) in [6.45, 7) is 1.56. The highest BCUT2D eigenvalue weighted by atomic mass is 32.2. The van der Waals surface area contributed by atoms with Gasteiger partial charge in [-0.2, -0.15) is 0 Å². The number of aliphatic carboxylic acids is 1. The molecule has 0 saturated carbocycles. The van der Waals surface area contributed by atoms with E-state index in [2.05, 4.69) is 4.98 Å². The molecule has 0 radical (unpaired) electrons. The average molecular weight is 306 g/mol. The molecule has 1 unspecified atom stereocenters. The molecule has 6 nitrogen and oxygen atoms in total. The number of amides is 1. The summed E-state index contributed by atoms with van der Waals surface area (Å²) in [5.41, 5.74) is 0.0451. The number of aromatic nitrogens is 1. The number of β-lactam (4-membered cyclic amide) rings is 1. The Morgan fingerprint density at radius 1 is 1.48 bits per heavy atom. The zero-order valence-corrected chi connectivity index (χ0v) is 12.1. The molecule has 21 heavy (non-hydrogen) atoms. The minimum absolute atomic E-state index is 0.0451. The fraction of sp³-hybridized carbons (Fsp3) is 0.357. The lowest BCUT2D eigenvalue weighted by atomic mass is 9.83. The van der Waals surface area contributed by atoms with E-state index in [1.807, 2.05) is 0 Å². The van der Waals surface area contributed by atoms with E-state index in [0.29, 0.717) is 11.3 Å². The van der Waals surface area contributed by atoms with Crippen molar-refractivity contribution in [2.75, 3.05) is 0 Å². The third-order valence-electron chi connectivity index (χ3n) is 3.78. The molecule has 2 aliphatic heterocycles. The van der Waals surface area contributed by atoms with Crippen LogP contribution >= 0.6 is 11.8 Å². The Hall–Kier alpha value is -1.86. The van der Waals surface area contributed by atoms with E-state index in [4.69, 9.17) is 0 Å². The van der Waals surface area contributed by atoms with Crippen LogP contribution in [0.5, 0.6) is 0 Å². The molecule has 1 fully saturated rings. The Balaban J connectivity index is 1.89. The highest BCUT2D eigenvalue weighted by Gasteiger charge is 2.56. The van der Waals surface area contributed by atoms with Gasteiger partial charge < -0.3 is 15.1 Å². The number of fused-ring (bicyclic) bond motifs is 1. The van der Waals surface area contributed by atoms with Crippen molar-refractivity contribution in [1.82, 2.24) is 9.88 Å². The molecule has 0 aliphatic carbocycles. The van der Waals surface area contributed by atoms with Crippen molar-refractivity contribution in [1.29, 1.82) is 0 Å². The number of pyridine rings is 1. The molecule has 1 amide bonds. The van der Waals surface area contributed by atoms with E-state index in [9.17, 15) is 19.8 Å². The summed E-state index contributed by atoms with van der Waals surface area (Å²) >= 11 is 1.33. The molecule has 0 spiro atoms. The van der Waals surface area contributed by atoms with E-state index >= 15 is 0 Å². The Bertz CT molecular complexity index is 629. The van der Waals surface area contributed by atoms with Crippen molar-refractivity contribution >= 4 is 23.6 Å². The minimum Gasteiger partial charge on any atom is -0.477 e. The Morgan fingerprint density at radius 2 is 2.14 bits per heavy atom. The maximum absolute atomic E-state index is 12.0. The monoisotopic (exact) mass is 306 g/mol. The maximum Gasteiger partial charge on any atom is 0.353 e. The number of thioether (sulfide) groups is 1. The van der Waals surface area contributed by atoms with Gasteiger partial charge in [-0.15, -0.1) is 0 Å². The zero-order chi connectivity index (χ0) is 15.1. The van der Waals surface area contributed by atoms with Gasteiger partial charge in [-0.05, 0) is 19.1 Å². The van der Waals surface area contributed by atoms with Gasteiger partial charge in [0.25, 0.3) is 0 Å². The molecule has 1 aromatic rings. The van der Waals surface area contributed by atoms with Gasteiger partial charge in [0.05, 0.1) is 18.1 Å². The first kappa shape index (κ1) is 14.1. The third kappa shape index (κ3) is 2.22. The lowest BCUT2D eigenvalue weighted by Gasteiger charge is -2.44. The first-order valence-corrected chi connectivity index (χ1v) is 7.38. The second-order valence-corrected chi connectivity index (χ2v) is 6.28. The zero-order valence-electron chi connectivity index (χ0n) is 11.3. The third-order valence-corrected chi connectivity index (χ3v) is 4.90. The number of hydrogen-bond donors (Lipinski definition) is 2. The minimum atomic E-state index is -1.11. The smallest absolute Gasteiger partial charge is 0.353 e. The average Bonchev–Trinajstić information content (AvgIpc) is 2.74. The Morgan fingerprint density at radius 3 is 2.71 bits per heavy atom. The quantitative estimate of drug-likeness (QED) is 0.809. The van der Waals surface area contributed by atoms with Crippen LogP contribution in [0.2, 0.25) is 0 Å². The Labute approximate surface area is 125 Å². The molecule has 110 valence electrons. The molecule has 1 saturated heterocycles. The summed E-state index contributed by atoms with van der Waals surface area (Å²) in [6.07, 6.45) is 2.98. The lowest BCUT2D eigenvalue weighted by molar-refractivity contribution is -0.161. The standard InChI is InChI=1S/C14H14N2O4S/c1-7(17)11-9-6-10(21-8-2-4-15-5-3-8)12(14(19)20)16(9)13(11)18/h2-5,7,9,11,17H,6H2,1H3,(H,19,20)/t7?,9-,11-/m1/s1. The molecule has 7 heteroatoms. The van der Waals surface area contributed by atoms with Crippen molar-refractivity contribution in [3.05, 3.63) is 35.1 Å². The molecular formula is C14H14N2O4S. The van der Waals surface area contributed by atoms with Crippen LogP contribution in [0.25, 0.3) is 0 Å². The van der Waals surface area contributed by atoms with Gasteiger partial charge in [0.15, 0.2) is 0 Å². The lowest BCUT2D eigenvalue weighted by Crippen LogP contribution is -2.61. The number of nitrogens with zero attached hydrogens (tertiary/aromatic N) is 2. The summed E-state index contributed by atoms with van der Waals surface area (Å²) in [5.74, 6) is -1.92. The number of carboxylic acids is 1. The normalized spacial score (nSPS) is 25.6. The molecule has 2 aliphatic rings. The summed E-state index contributed by atoms with van der Waals surface area (Å²) in [4.78, 5) is 30.3. The van der Waals surface area contributed by atoms with Crippen LogP contribution in [0.3, 0.4) is 0 Å². The summed E-state index contributed by atoms with van der Waals surface area (Å²) < 4.78 is 0. The molecule has 0 aromatic carbocycles. The second kappa shape index (κ2) is 5.16. The SMILES string of the molecule is CC(O)[C@H]1C(=O)N2C(C(=O)O)=C(Sc3ccncc3)C[C@H]12. The summed E-state index contributed by atoms with van der Waals surface area (Å²) in [6, 6.07) is 3.34. The first-order valence-electron chi connectivity index (χ1n) is 6.56. The number of rotatable bonds is 4. The number of aliphatic hydroxyl groups excluding tert-OH is 1. The maximum atomic E-state index is 12.0. The van der Waals surface area contributed by atoms with Gasteiger partial charge in [0, 0.05) is 28.6 Å². The number of hydrogen-bond acceptors (Lipinski definition) is 5. The van der Waals surface area contributed by atoms with E-state index in [1.165, 1.54) is 16.7 Å². The highest BCUT2D eigenvalue weighted by Crippen LogP contribution is 2.48. The summed E-state index contributed by atoms with van der Waals surface area (Å²) in [7, 11) is 0. The molecule has 3 rings (SSSR count). The van der Waals surface area contributed by atoms with Crippen molar-refractivity contribution in [3.63, 3.8) is 0 Å². The van der Waals surface area contributed by atoms with Gasteiger partial charge in [-0.25, -0.2) is 4.79 Å². The first-order chi connectivity index (χ1) is 10.0. The predicted octanol–water partition coefficient (Wildman–Crippen LogP) is 1.08. The number of carbonyl (C=O) groups excluding carboxylic acids is 1. The van der Waals surface area contributed by atoms with Crippen LogP contribution in [0, 0.1) is 5.92 Å². The largest absolute Gasteiger partial charge is 0.477 e. The molecule has 0 bridgehead atoms. The van der Waals surface area contributed by atoms with Crippen molar-refractivity contribution in [2.45, 2.75) is 30.4 Å². The van der Waals surface area contributed by atoms with Gasteiger partial charge in [0.1, 0.15) is 5.70 Å². The van der Waals surface area contributed by atoms with Crippen LogP contribution in [0.15, 0.2) is 40.0 Å². The van der Waals surface area contributed by atoms with Gasteiger partial charge in [-0.1, -0.05) is 11.8 Å². The van der Waals surface area contributed by atoms with Crippen molar-refractivity contribution < 1.29 is 19.8 Å². The summed E-state index contributed by atoms with van der Waals surface area (Å²) in [5, 5.41) is 19.0. The predicted molar refractivity (Wildman–Crippen MR) is 75.2 cm³/mol.